The zero-order valence-electron chi connectivity index (χ0n) is 19.4. The van der Waals surface area contributed by atoms with Crippen LogP contribution in [0.15, 0.2) is 112 Å². The molecule has 0 fully saturated rings. The van der Waals surface area contributed by atoms with E-state index in [1.165, 1.54) is 0 Å². The zero-order chi connectivity index (χ0) is 24.5. The molecule has 0 bridgehead atoms. The predicted octanol–water partition coefficient (Wildman–Crippen LogP) is 7.84. The van der Waals surface area contributed by atoms with E-state index in [-0.39, 0.29) is 6.16 Å². The highest BCUT2D eigenvalue weighted by Crippen LogP contribution is 2.41. The largest absolute Gasteiger partial charge is 0.480 e. The highest BCUT2D eigenvalue weighted by Gasteiger charge is 2.21. The molecule has 1 atom stereocenters. The Hall–Kier alpha value is -4.05. The van der Waals surface area contributed by atoms with Gasteiger partial charge >= 0.3 is 5.97 Å². The van der Waals surface area contributed by atoms with E-state index in [1.807, 2.05) is 78.9 Å². The van der Waals surface area contributed by atoms with E-state index in [9.17, 15) is 9.90 Å². The monoisotopic (exact) mass is 493 g/mol. The third-order valence-corrected chi connectivity index (χ3v) is 7.92. The Balaban J connectivity index is 1.55. The lowest BCUT2D eigenvalue weighted by Gasteiger charge is -2.13. The molecule has 1 heterocycles. The fraction of sp³-hybridized carbons (Fsp3) is 0.100. The van der Waals surface area contributed by atoms with Gasteiger partial charge in [-0.05, 0) is 39.2 Å². The molecule has 0 unspecified atom stereocenters. The number of nitrogens with one attached hydrogen (secondary N) is 1. The highest BCUT2D eigenvalue weighted by atomic mass is 31.1. The van der Waals surface area contributed by atoms with Crippen molar-refractivity contribution in [3.63, 3.8) is 0 Å². The standard InChI is InChI=1S/C30H24NO4P/c32-30(33)25(31-18-20-8-2-1-3-9-20)19-36-34-26-16-14-21-10-4-6-12-23(21)28(26)29-24-13-7-5-11-22(24)15-17-27(29)35-36/h1-17,25,31H,18-19H2,(H,32,33)/t25-/m0/s1. The third kappa shape index (κ3) is 4.24. The Labute approximate surface area is 208 Å². The number of hydrogen-bond donors (Lipinski definition) is 2. The van der Waals surface area contributed by atoms with Crippen molar-refractivity contribution in [2.24, 2.45) is 0 Å². The van der Waals surface area contributed by atoms with Crippen LogP contribution < -0.4 is 5.32 Å². The predicted molar refractivity (Wildman–Crippen MR) is 146 cm³/mol. The summed E-state index contributed by atoms with van der Waals surface area (Å²) in [7, 11) is -1.58. The summed E-state index contributed by atoms with van der Waals surface area (Å²) >= 11 is 0. The maximum absolute atomic E-state index is 12.2. The van der Waals surface area contributed by atoms with Crippen LogP contribution in [-0.4, -0.2) is 17.1 Å². The average Bonchev–Trinajstić information content (AvgIpc) is 3.08. The molecule has 5 nitrogen and oxygen atoms in total. The van der Waals surface area contributed by atoms with Crippen LogP contribution in [0.25, 0.3) is 43.5 Å². The van der Waals surface area contributed by atoms with Crippen LogP contribution in [0.3, 0.4) is 0 Å². The molecule has 6 rings (SSSR count). The number of benzene rings is 5. The second kappa shape index (κ2) is 9.54. The molecule has 0 amide bonds. The van der Waals surface area contributed by atoms with Gasteiger partial charge in [0, 0.05) is 17.3 Å². The number of aliphatic carboxylic acids is 1. The Morgan fingerprint density at radius 2 is 1.25 bits per heavy atom. The van der Waals surface area contributed by atoms with Gasteiger partial charge in [-0.1, -0.05) is 91.0 Å². The van der Waals surface area contributed by atoms with Crippen molar-refractivity contribution >= 4 is 57.5 Å². The molecule has 2 N–H and O–H groups in total. The Kier molecular flexibility index (Phi) is 5.94. The SMILES string of the molecule is O=C(O)[C@H](Cp1oc2ccc3ccccc3c2c2c(ccc3ccccc32)o1)NCc1ccccc1. The summed E-state index contributed by atoms with van der Waals surface area (Å²) in [5, 5.41) is 19.5. The molecule has 6 aromatic rings. The first kappa shape index (κ1) is 22.4. The fourth-order valence-electron chi connectivity index (χ4n) is 4.70. The van der Waals surface area contributed by atoms with Crippen LogP contribution in [0, 0.1) is 0 Å². The van der Waals surface area contributed by atoms with Crippen molar-refractivity contribution < 1.29 is 18.3 Å². The molecule has 0 spiro atoms. The first-order chi connectivity index (χ1) is 17.7. The third-order valence-electron chi connectivity index (χ3n) is 6.46. The minimum absolute atomic E-state index is 0.204. The summed E-state index contributed by atoms with van der Waals surface area (Å²) in [6.07, 6.45) is 0.204. The van der Waals surface area contributed by atoms with Gasteiger partial charge in [-0.2, -0.15) is 0 Å². The smallest absolute Gasteiger partial charge is 0.321 e. The first-order valence-electron chi connectivity index (χ1n) is 11.8. The van der Waals surface area contributed by atoms with Crippen molar-refractivity contribution in [1.29, 1.82) is 0 Å². The summed E-state index contributed by atoms with van der Waals surface area (Å²) in [5.74, 6) is -0.928. The van der Waals surface area contributed by atoms with E-state index in [2.05, 4.69) is 29.6 Å². The Morgan fingerprint density at radius 3 is 1.81 bits per heavy atom. The maximum Gasteiger partial charge on any atom is 0.321 e. The van der Waals surface area contributed by atoms with E-state index >= 15 is 0 Å². The molecule has 0 aliphatic rings. The second-order valence-corrected chi connectivity index (χ2v) is 10.2. The van der Waals surface area contributed by atoms with Gasteiger partial charge in [0.05, 0.1) is 6.16 Å². The van der Waals surface area contributed by atoms with Crippen molar-refractivity contribution in [2.45, 2.75) is 18.7 Å². The van der Waals surface area contributed by atoms with E-state index in [0.29, 0.717) is 17.7 Å². The molecular weight excluding hydrogens is 469 g/mol. The van der Waals surface area contributed by atoms with Crippen LogP contribution in [0.1, 0.15) is 5.56 Å². The average molecular weight is 493 g/mol. The van der Waals surface area contributed by atoms with Gasteiger partial charge in [-0.15, -0.1) is 0 Å². The van der Waals surface area contributed by atoms with Gasteiger partial charge in [0.1, 0.15) is 17.2 Å². The minimum atomic E-state index is -1.58. The van der Waals surface area contributed by atoms with Crippen LogP contribution in [-0.2, 0) is 17.5 Å². The summed E-state index contributed by atoms with van der Waals surface area (Å²) < 4.78 is 12.9. The molecule has 6 heteroatoms. The molecule has 0 aliphatic carbocycles. The summed E-state index contributed by atoms with van der Waals surface area (Å²) in [4.78, 5) is 12.2. The van der Waals surface area contributed by atoms with E-state index < -0.39 is 20.0 Å². The highest BCUT2D eigenvalue weighted by molar-refractivity contribution is 7.36. The van der Waals surface area contributed by atoms with Gasteiger partial charge in [-0.25, -0.2) is 0 Å². The summed E-state index contributed by atoms with van der Waals surface area (Å²) in [6.45, 7) is 0.448. The topological polar surface area (TPSA) is 75.6 Å². The number of hydrogen-bond acceptors (Lipinski definition) is 4. The van der Waals surface area contributed by atoms with Gasteiger partial charge in [0.2, 0.25) is 8.01 Å². The van der Waals surface area contributed by atoms with E-state index in [0.717, 1.165) is 37.9 Å². The summed E-state index contributed by atoms with van der Waals surface area (Å²) in [5.41, 5.74) is 2.44. The molecule has 0 saturated carbocycles. The lowest BCUT2D eigenvalue weighted by atomic mass is 9.99. The van der Waals surface area contributed by atoms with Crippen molar-refractivity contribution in [3.8, 4) is 0 Å². The Morgan fingerprint density at radius 1 is 0.722 bits per heavy atom. The van der Waals surface area contributed by atoms with Gasteiger partial charge in [0.15, 0.2) is 0 Å². The molecule has 1 aromatic heterocycles. The normalized spacial score (nSPS) is 12.3. The van der Waals surface area contributed by atoms with Crippen molar-refractivity contribution in [1.82, 2.24) is 5.32 Å². The lowest BCUT2D eigenvalue weighted by Crippen LogP contribution is -2.36. The van der Waals surface area contributed by atoms with Gasteiger partial charge in [0.25, 0.3) is 0 Å². The quantitative estimate of drug-likeness (QED) is 0.247. The van der Waals surface area contributed by atoms with Crippen molar-refractivity contribution in [2.75, 3.05) is 0 Å². The van der Waals surface area contributed by atoms with Gasteiger partial charge in [-0.3, -0.25) is 10.1 Å². The number of fused-ring (bicyclic) bond motifs is 7. The molecule has 0 aliphatic heterocycles. The van der Waals surface area contributed by atoms with Crippen LogP contribution in [0.2, 0.25) is 0 Å². The van der Waals surface area contributed by atoms with Crippen molar-refractivity contribution in [3.05, 3.63) is 109 Å². The van der Waals surface area contributed by atoms with Crippen LogP contribution in [0.4, 0.5) is 0 Å². The van der Waals surface area contributed by atoms with Gasteiger partial charge < -0.3 is 13.5 Å². The molecular formula is C30H24NO4P. The second-order valence-electron chi connectivity index (χ2n) is 8.77. The first-order valence-corrected chi connectivity index (χ1v) is 13.2. The molecule has 5 aromatic carbocycles. The molecule has 0 radical (unpaired) electrons. The lowest BCUT2D eigenvalue weighted by molar-refractivity contribution is -0.139. The fourth-order valence-corrected chi connectivity index (χ4v) is 6.21. The minimum Gasteiger partial charge on any atom is -0.480 e. The van der Waals surface area contributed by atoms with E-state index in [4.69, 9.17) is 8.39 Å². The van der Waals surface area contributed by atoms with Crippen LogP contribution >= 0.6 is 8.01 Å². The van der Waals surface area contributed by atoms with E-state index in [1.54, 1.807) is 0 Å². The number of rotatable bonds is 6. The Bertz CT molecular complexity index is 1660. The van der Waals surface area contributed by atoms with Crippen LogP contribution in [0.5, 0.6) is 0 Å². The molecule has 178 valence electrons. The number of carboxylic acids is 1. The molecule has 0 saturated heterocycles. The summed E-state index contributed by atoms with van der Waals surface area (Å²) in [6, 6.07) is 33.4. The number of carbonyl (C=O) groups is 1. The zero-order valence-corrected chi connectivity index (χ0v) is 20.3. The molecule has 36 heavy (non-hydrogen) atoms. The number of carboxylic acid groups (broad SMARTS) is 1. The maximum atomic E-state index is 12.2.